The highest BCUT2D eigenvalue weighted by atomic mass is 35.5. The molecule has 0 spiro atoms. The Kier molecular flexibility index (Phi) is 9.55. The van der Waals surface area contributed by atoms with Gasteiger partial charge in [0.25, 0.3) is 0 Å². The van der Waals surface area contributed by atoms with E-state index in [1.165, 1.54) is 36.5 Å². The minimum Gasteiger partial charge on any atom is -0.481 e. The summed E-state index contributed by atoms with van der Waals surface area (Å²) in [4.78, 5) is 41.4. The topological polar surface area (TPSA) is 190 Å². The van der Waals surface area contributed by atoms with Crippen LogP contribution in [0, 0.1) is 5.82 Å². The van der Waals surface area contributed by atoms with Gasteiger partial charge in [0.15, 0.2) is 9.84 Å². The van der Waals surface area contributed by atoms with E-state index in [1.807, 2.05) is 0 Å². The van der Waals surface area contributed by atoms with E-state index in [0.29, 0.717) is 16.5 Å². The van der Waals surface area contributed by atoms with Crippen LogP contribution in [0.15, 0.2) is 71.8 Å². The van der Waals surface area contributed by atoms with E-state index in [9.17, 15) is 27.9 Å². The molecule has 0 saturated heterocycles. The van der Waals surface area contributed by atoms with Crippen LogP contribution >= 0.6 is 11.6 Å². The lowest BCUT2D eigenvalue weighted by molar-refractivity contribution is -0.137. The minimum atomic E-state index is -3.96. The Morgan fingerprint density at radius 2 is 1.77 bits per heavy atom. The Bertz CT molecular complexity index is 1870. The largest absolute Gasteiger partial charge is 0.481 e. The Hall–Kier alpha value is -4.95. The van der Waals surface area contributed by atoms with Crippen molar-refractivity contribution < 1.29 is 37.0 Å². The van der Waals surface area contributed by atoms with Gasteiger partial charge in [0.1, 0.15) is 17.7 Å². The van der Waals surface area contributed by atoms with Gasteiger partial charge in [0, 0.05) is 39.8 Å². The van der Waals surface area contributed by atoms with Gasteiger partial charge < -0.3 is 26.2 Å². The average Bonchev–Trinajstić information content (AvgIpc) is 2.96. The smallest absolute Gasteiger partial charge is 0.411 e. The number of aromatic nitrogens is 1. The molecule has 15 heteroatoms. The van der Waals surface area contributed by atoms with Crippen LogP contribution in [0.2, 0.25) is 5.02 Å². The number of carbonyl (C=O) groups excluding carboxylic acids is 2. The van der Waals surface area contributed by atoms with Crippen molar-refractivity contribution in [1.82, 2.24) is 10.3 Å². The molecule has 2 atom stereocenters. The summed E-state index contributed by atoms with van der Waals surface area (Å²) in [7, 11) is -2.83. The van der Waals surface area contributed by atoms with Crippen molar-refractivity contribution in [3.05, 3.63) is 88.8 Å². The second kappa shape index (κ2) is 13.1. The number of nitrogens with zero attached hydrogens (tertiary/aromatic N) is 1. The molecule has 6 N–H and O–H groups in total. The number of nitrogens with one attached hydrogen (secondary N) is 3. The van der Waals surface area contributed by atoms with E-state index >= 15 is 4.39 Å². The van der Waals surface area contributed by atoms with E-state index < -0.39 is 52.1 Å². The summed E-state index contributed by atoms with van der Waals surface area (Å²) in [5.74, 6) is -2.78. The van der Waals surface area contributed by atoms with Gasteiger partial charge in [-0.3, -0.25) is 14.9 Å². The van der Waals surface area contributed by atoms with Crippen LogP contribution in [-0.2, 0) is 24.2 Å². The van der Waals surface area contributed by atoms with Gasteiger partial charge >= 0.3 is 12.1 Å². The maximum absolute atomic E-state index is 15.2. The molecule has 0 bridgehead atoms. The van der Waals surface area contributed by atoms with E-state index in [0.717, 1.165) is 19.4 Å². The van der Waals surface area contributed by atoms with E-state index in [2.05, 4.69) is 25.7 Å². The molecule has 4 rings (SSSR count). The van der Waals surface area contributed by atoms with Gasteiger partial charge in [-0.25, -0.2) is 22.6 Å². The van der Waals surface area contributed by atoms with Crippen molar-refractivity contribution in [2.45, 2.75) is 23.4 Å². The number of fused-ring (bicyclic) bond motifs is 1. The zero-order chi connectivity index (χ0) is 32.2. The normalized spacial score (nSPS) is 12.6. The maximum atomic E-state index is 15.2. The highest BCUT2D eigenvalue weighted by molar-refractivity contribution is 7.90. The number of carboxylic acids is 1. The van der Waals surface area contributed by atoms with E-state index in [-0.39, 0.29) is 32.6 Å². The van der Waals surface area contributed by atoms with Crippen molar-refractivity contribution >= 4 is 67.4 Å². The third-order valence-corrected chi connectivity index (χ3v) is 7.96. The Morgan fingerprint density at radius 1 is 1.05 bits per heavy atom. The summed E-state index contributed by atoms with van der Waals surface area (Å²) < 4.78 is 45.1. The molecule has 44 heavy (non-hydrogen) atoms. The summed E-state index contributed by atoms with van der Waals surface area (Å²) in [6.07, 6.45) is 0.784. The zero-order valence-electron chi connectivity index (χ0n) is 23.3. The first kappa shape index (κ1) is 32.0. The molecule has 1 aromatic heterocycles. The van der Waals surface area contributed by atoms with Gasteiger partial charge in [0.05, 0.1) is 24.5 Å². The fourth-order valence-electron chi connectivity index (χ4n) is 4.55. The number of nitrogen functional groups attached to an aromatic ring is 1. The number of rotatable bonds is 10. The first-order chi connectivity index (χ1) is 20.8. The summed E-state index contributed by atoms with van der Waals surface area (Å²) in [6, 6.07) is 11.0. The van der Waals surface area contributed by atoms with Crippen molar-refractivity contribution in [3.63, 3.8) is 0 Å². The molecule has 0 aliphatic rings. The number of amides is 2. The number of ether oxygens (including phenoxy) is 1. The lowest BCUT2D eigenvalue weighted by atomic mass is 10.00. The maximum Gasteiger partial charge on any atom is 0.411 e. The van der Waals surface area contributed by atoms with Crippen LogP contribution in [0.25, 0.3) is 10.8 Å². The van der Waals surface area contributed by atoms with E-state index in [4.69, 9.17) is 17.3 Å². The molecule has 0 saturated carbocycles. The lowest BCUT2D eigenvalue weighted by Gasteiger charge is -2.26. The monoisotopic (exact) mass is 643 g/mol. The summed E-state index contributed by atoms with van der Waals surface area (Å²) in [6.45, 7) is 0. The molecule has 0 radical (unpaired) electrons. The van der Waals surface area contributed by atoms with Crippen LogP contribution in [0.5, 0.6) is 0 Å². The number of carboxylic acid groups (broad SMARTS) is 1. The lowest BCUT2D eigenvalue weighted by Crippen LogP contribution is -2.38. The molecule has 0 fully saturated rings. The summed E-state index contributed by atoms with van der Waals surface area (Å²) in [5.41, 5.74) is 6.09. The number of carbonyl (C=O) groups is 3. The van der Waals surface area contributed by atoms with Crippen LogP contribution < -0.4 is 21.7 Å². The standard InChI is InChI=1S/C29H27ClFN5O7S/c1-43-29(40)35-18-5-8-24(44(2,41)42)21(13-18)23(14-25(37)38)36-28(39)26(20-12-16(30)3-7-22(20)31)34-17-4-6-19-15(11-17)9-10-33-27(19)32/h3-13,23,26,34H,14H2,1-2H3,(H2,32,33)(H,35,40)(H,36,39)(H,37,38)/t23-,26-/m1/s1. The van der Waals surface area contributed by atoms with Crippen LogP contribution in [0.1, 0.15) is 29.6 Å². The number of pyridine rings is 1. The Balaban J connectivity index is 1.80. The SMILES string of the molecule is COC(=O)Nc1ccc(S(C)(=O)=O)c([C@@H](CC(=O)O)NC(=O)[C@H](Nc2ccc3c(N)nccc3c2)c2cc(Cl)ccc2F)c1. The second-order valence-electron chi connectivity index (χ2n) is 9.68. The highest BCUT2D eigenvalue weighted by Crippen LogP contribution is 2.32. The number of nitrogens with two attached hydrogens (primary N) is 1. The number of hydrogen-bond donors (Lipinski definition) is 5. The first-order valence-corrected chi connectivity index (χ1v) is 15.1. The van der Waals surface area contributed by atoms with E-state index in [1.54, 1.807) is 24.3 Å². The predicted molar refractivity (Wildman–Crippen MR) is 163 cm³/mol. The highest BCUT2D eigenvalue weighted by Gasteiger charge is 2.30. The van der Waals surface area contributed by atoms with Crippen molar-refractivity contribution in [3.8, 4) is 0 Å². The molecule has 1 heterocycles. The number of methoxy groups -OCH3 is 1. The van der Waals surface area contributed by atoms with Crippen LogP contribution in [0.4, 0.5) is 26.4 Å². The molecule has 230 valence electrons. The van der Waals surface area contributed by atoms with Crippen molar-refractivity contribution in [2.24, 2.45) is 0 Å². The molecule has 0 aliphatic heterocycles. The van der Waals surface area contributed by atoms with Crippen molar-refractivity contribution in [1.29, 1.82) is 0 Å². The molecule has 3 aromatic carbocycles. The Morgan fingerprint density at radius 3 is 2.45 bits per heavy atom. The average molecular weight is 644 g/mol. The second-order valence-corrected chi connectivity index (χ2v) is 12.1. The molecule has 2 amide bonds. The van der Waals surface area contributed by atoms with Gasteiger partial charge in [-0.2, -0.15) is 0 Å². The molecule has 4 aromatic rings. The molecule has 0 unspecified atom stereocenters. The third-order valence-electron chi connectivity index (χ3n) is 6.55. The fraction of sp³-hybridized carbons (Fsp3) is 0.172. The molecular weight excluding hydrogens is 617 g/mol. The van der Waals surface area contributed by atoms with Gasteiger partial charge in [0.2, 0.25) is 5.91 Å². The number of benzene rings is 3. The fourth-order valence-corrected chi connectivity index (χ4v) is 5.68. The Labute approximate surface area is 256 Å². The molecule has 0 aliphatic carbocycles. The van der Waals surface area contributed by atoms with Gasteiger partial charge in [-0.05, 0) is 71.6 Å². The quantitative estimate of drug-likeness (QED) is 0.162. The van der Waals surface area contributed by atoms with Crippen molar-refractivity contribution in [2.75, 3.05) is 29.7 Å². The predicted octanol–water partition coefficient (Wildman–Crippen LogP) is 4.68. The third kappa shape index (κ3) is 7.51. The summed E-state index contributed by atoms with van der Waals surface area (Å²) >= 11 is 6.14. The zero-order valence-corrected chi connectivity index (χ0v) is 24.9. The number of sulfone groups is 1. The summed E-state index contributed by atoms with van der Waals surface area (Å²) in [5, 5.41) is 19.0. The number of hydrogen-bond acceptors (Lipinski definition) is 9. The van der Waals surface area contributed by atoms with Gasteiger partial charge in [-0.1, -0.05) is 11.6 Å². The number of anilines is 3. The van der Waals surface area contributed by atoms with Crippen LogP contribution in [-0.4, -0.2) is 49.8 Å². The molecule has 12 nitrogen and oxygen atoms in total. The molecular formula is C29H27ClFN5O7S. The minimum absolute atomic E-state index is 0.0735. The van der Waals surface area contributed by atoms with Crippen LogP contribution in [0.3, 0.4) is 0 Å². The number of aliphatic carboxylic acids is 1. The van der Waals surface area contributed by atoms with Gasteiger partial charge in [-0.15, -0.1) is 0 Å². The first-order valence-electron chi connectivity index (χ1n) is 12.8. The number of halogens is 2.